The summed E-state index contributed by atoms with van der Waals surface area (Å²) in [6.45, 7) is 4.20. The van der Waals surface area contributed by atoms with Crippen LogP contribution in [0, 0.1) is 5.92 Å². The van der Waals surface area contributed by atoms with E-state index in [4.69, 9.17) is 4.74 Å². The Morgan fingerprint density at radius 1 is 1.35 bits per heavy atom. The van der Waals surface area contributed by atoms with Crippen LogP contribution in [-0.4, -0.2) is 51.1 Å². The molecule has 0 aromatic heterocycles. The standard InChI is InChI=1S/C18H29N3O2/c1-19-9-6-15-7-10-21(11-8-15)14-18(22)20-13-16-4-3-5-17(12-16)23-2/h3-5,12,15,19H,6-11,13-14H2,1-2H3,(H,20,22). The molecule has 1 aliphatic heterocycles. The van der Waals surface area contributed by atoms with Crippen molar-refractivity contribution in [1.29, 1.82) is 0 Å². The highest BCUT2D eigenvalue weighted by Gasteiger charge is 2.20. The van der Waals surface area contributed by atoms with Gasteiger partial charge in [0.05, 0.1) is 13.7 Å². The fraction of sp³-hybridized carbons (Fsp3) is 0.611. The van der Waals surface area contributed by atoms with Crippen LogP contribution in [0.15, 0.2) is 24.3 Å². The Kier molecular flexibility index (Phi) is 7.36. The van der Waals surface area contributed by atoms with Gasteiger partial charge in [-0.3, -0.25) is 9.69 Å². The monoisotopic (exact) mass is 319 g/mol. The lowest BCUT2D eigenvalue weighted by Crippen LogP contribution is -2.41. The zero-order valence-electron chi connectivity index (χ0n) is 14.3. The number of ether oxygens (including phenoxy) is 1. The second-order valence-corrected chi connectivity index (χ2v) is 6.24. The van der Waals surface area contributed by atoms with Crippen molar-refractivity contribution < 1.29 is 9.53 Å². The summed E-state index contributed by atoms with van der Waals surface area (Å²) in [5, 5.41) is 6.21. The lowest BCUT2D eigenvalue weighted by Gasteiger charge is -2.31. The Labute approximate surface area is 139 Å². The highest BCUT2D eigenvalue weighted by atomic mass is 16.5. The zero-order valence-corrected chi connectivity index (χ0v) is 14.3. The van der Waals surface area contributed by atoms with Crippen LogP contribution >= 0.6 is 0 Å². The number of methoxy groups -OCH3 is 1. The molecule has 5 heteroatoms. The third-order valence-corrected chi connectivity index (χ3v) is 4.50. The van der Waals surface area contributed by atoms with E-state index in [0.717, 1.165) is 36.9 Å². The summed E-state index contributed by atoms with van der Waals surface area (Å²) in [7, 11) is 3.65. The predicted octanol–water partition coefficient (Wildman–Crippen LogP) is 1.63. The Morgan fingerprint density at radius 3 is 2.83 bits per heavy atom. The summed E-state index contributed by atoms with van der Waals surface area (Å²) in [4.78, 5) is 14.4. The molecule has 0 bridgehead atoms. The lowest BCUT2D eigenvalue weighted by atomic mass is 9.93. The molecule has 0 atom stereocenters. The maximum Gasteiger partial charge on any atom is 0.234 e. The minimum absolute atomic E-state index is 0.0986. The summed E-state index contributed by atoms with van der Waals surface area (Å²) in [6.07, 6.45) is 3.64. The normalized spacial score (nSPS) is 16.3. The van der Waals surface area contributed by atoms with Crippen molar-refractivity contribution in [2.75, 3.05) is 40.3 Å². The van der Waals surface area contributed by atoms with Crippen molar-refractivity contribution in [3.05, 3.63) is 29.8 Å². The summed E-state index contributed by atoms with van der Waals surface area (Å²) in [5.41, 5.74) is 1.06. The number of rotatable bonds is 8. The van der Waals surface area contributed by atoms with Gasteiger partial charge < -0.3 is 15.4 Å². The van der Waals surface area contributed by atoms with E-state index in [1.54, 1.807) is 7.11 Å². The van der Waals surface area contributed by atoms with Crippen molar-refractivity contribution in [3.8, 4) is 5.75 Å². The number of nitrogens with one attached hydrogen (secondary N) is 2. The number of likely N-dealkylation sites (tertiary alicyclic amines) is 1. The van der Waals surface area contributed by atoms with Gasteiger partial charge in [-0.2, -0.15) is 0 Å². The Morgan fingerprint density at radius 2 is 2.13 bits per heavy atom. The van der Waals surface area contributed by atoms with E-state index < -0.39 is 0 Å². The molecule has 2 N–H and O–H groups in total. The number of amides is 1. The molecule has 1 heterocycles. The molecule has 0 radical (unpaired) electrons. The van der Waals surface area contributed by atoms with Gasteiger partial charge in [0.1, 0.15) is 5.75 Å². The Hall–Kier alpha value is -1.59. The van der Waals surface area contributed by atoms with Crippen molar-refractivity contribution in [2.45, 2.75) is 25.8 Å². The van der Waals surface area contributed by atoms with Gasteiger partial charge in [0.2, 0.25) is 5.91 Å². The summed E-state index contributed by atoms with van der Waals surface area (Å²) in [5.74, 6) is 1.72. The molecule has 128 valence electrons. The van der Waals surface area contributed by atoms with E-state index in [9.17, 15) is 4.79 Å². The van der Waals surface area contributed by atoms with E-state index in [1.807, 2.05) is 31.3 Å². The first-order valence-electron chi connectivity index (χ1n) is 8.48. The molecule has 0 aliphatic carbocycles. The third-order valence-electron chi connectivity index (χ3n) is 4.50. The first-order chi connectivity index (χ1) is 11.2. The smallest absolute Gasteiger partial charge is 0.234 e. The number of hydrogen-bond donors (Lipinski definition) is 2. The first-order valence-corrected chi connectivity index (χ1v) is 8.48. The molecule has 0 spiro atoms. The molecule has 1 aromatic carbocycles. The molecule has 2 rings (SSSR count). The topological polar surface area (TPSA) is 53.6 Å². The van der Waals surface area contributed by atoms with Crippen LogP contribution in [0.1, 0.15) is 24.8 Å². The number of carbonyl (C=O) groups excluding carboxylic acids is 1. The number of hydrogen-bond acceptors (Lipinski definition) is 4. The zero-order chi connectivity index (χ0) is 16.5. The number of benzene rings is 1. The van der Waals surface area contributed by atoms with Crippen LogP contribution in [0.3, 0.4) is 0 Å². The molecule has 1 aromatic rings. The van der Waals surface area contributed by atoms with Crippen molar-refractivity contribution in [2.24, 2.45) is 5.92 Å². The van der Waals surface area contributed by atoms with Gasteiger partial charge in [-0.15, -0.1) is 0 Å². The SMILES string of the molecule is CNCCC1CCN(CC(=O)NCc2cccc(OC)c2)CC1. The minimum Gasteiger partial charge on any atom is -0.497 e. The molecule has 1 aliphatic rings. The largest absolute Gasteiger partial charge is 0.497 e. The molecule has 1 fully saturated rings. The van der Waals surface area contributed by atoms with Gasteiger partial charge in [-0.1, -0.05) is 12.1 Å². The predicted molar refractivity (Wildman–Crippen MR) is 92.5 cm³/mol. The Balaban J connectivity index is 1.67. The molecule has 5 nitrogen and oxygen atoms in total. The van der Waals surface area contributed by atoms with Gasteiger partial charge in [-0.05, 0) is 69.6 Å². The maximum absolute atomic E-state index is 12.1. The van der Waals surface area contributed by atoms with Crippen LogP contribution in [0.5, 0.6) is 5.75 Å². The van der Waals surface area contributed by atoms with Crippen LogP contribution < -0.4 is 15.4 Å². The van der Waals surface area contributed by atoms with Gasteiger partial charge >= 0.3 is 0 Å². The molecule has 23 heavy (non-hydrogen) atoms. The average molecular weight is 319 g/mol. The summed E-state index contributed by atoms with van der Waals surface area (Å²) in [6, 6.07) is 7.80. The number of piperidine rings is 1. The molecule has 1 saturated heterocycles. The van der Waals surface area contributed by atoms with E-state index in [0.29, 0.717) is 13.1 Å². The van der Waals surface area contributed by atoms with Crippen molar-refractivity contribution in [1.82, 2.24) is 15.5 Å². The third kappa shape index (κ3) is 6.20. The van der Waals surface area contributed by atoms with Gasteiger partial charge in [-0.25, -0.2) is 0 Å². The second kappa shape index (κ2) is 9.53. The molecule has 0 unspecified atom stereocenters. The van der Waals surface area contributed by atoms with E-state index in [2.05, 4.69) is 15.5 Å². The van der Waals surface area contributed by atoms with Gasteiger partial charge in [0.25, 0.3) is 0 Å². The molecular formula is C18H29N3O2. The van der Waals surface area contributed by atoms with Crippen LogP contribution in [0.25, 0.3) is 0 Å². The highest BCUT2D eigenvalue weighted by Crippen LogP contribution is 2.19. The molecule has 1 amide bonds. The van der Waals surface area contributed by atoms with E-state index in [1.165, 1.54) is 19.3 Å². The van der Waals surface area contributed by atoms with Crippen LogP contribution in [0.2, 0.25) is 0 Å². The summed E-state index contributed by atoms with van der Waals surface area (Å²) >= 11 is 0. The number of carbonyl (C=O) groups is 1. The van der Waals surface area contributed by atoms with Crippen LogP contribution in [-0.2, 0) is 11.3 Å². The van der Waals surface area contributed by atoms with Gasteiger partial charge in [0.15, 0.2) is 0 Å². The quantitative estimate of drug-likeness (QED) is 0.765. The van der Waals surface area contributed by atoms with E-state index >= 15 is 0 Å². The maximum atomic E-state index is 12.1. The highest BCUT2D eigenvalue weighted by molar-refractivity contribution is 5.78. The fourth-order valence-electron chi connectivity index (χ4n) is 3.02. The lowest BCUT2D eigenvalue weighted by molar-refractivity contribution is -0.122. The van der Waals surface area contributed by atoms with E-state index in [-0.39, 0.29) is 5.91 Å². The fourth-order valence-corrected chi connectivity index (χ4v) is 3.02. The van der Waals surface area contributed by atoms with Crippen LogP contribution in [0.4, 0.5) is 0 Å². The van der Waals surface area contributed by atoms with Crippen molar-refractivity contribution in [3.63, 3.8) is 0 Å². The minimum atomic E-state index is 0.0986. The second-order valence-electron chi connectivity index (χ2n) is 6.24. The molecular weight excluding hydrogens is 290 g/mol. The molecule has 0 saturated carbocycles. The van der Waals surface area contributed by atoms with Crippen molar-refractivity contribution >= 4 is 5.91 Å². The average Bonchev–Trinajstić information content (AvgIpc) is 2.59. The summed E-state index contributed by atoms with van der Waals surface area (Å²) < 4.78 is 5.20. The Bertz CT molecular complexity index is 485. The first kappa shape index (κ1) is 17.8. The number of nitrogens with zero attached hydrogens (tertiary/aromatic N) is 1. The van der Waals surface area contributed by atoms with Gasteiger partial charge in [0, 0.05) is 6.54 Å².